The average Bonchev–Trinajstić information content (AvgIpc) is 2.48. The van der Waals surface area contributed by atoms with E-state index in [1.165, 1.54) is 32.1 Å². The molecule has 7 heteroatoms. The highest BCUT2D eigenvalue weighted by molar-refractivity contribution is 9.10. The van der Waals surface area contributed by atoms with E-state index in [0.717, 1.165) is 6.42 Å². The van der Waals surface area contributed by atoms with Gasteiger partial charge in [0, 0.05) is 24.3 Å². The van der Waals surface area contributed by atoms with Crippen LogP contribution in [0.1, 0.15) is 38.5 Å². The van der Waals surface area contributed by atoms with Gasteiger partial charge in [0.2, 0.25) is 10.0 Å². The van der Waals surface area contributed by atoms with Crippen molar-refractivity contribution in [2.24, 2.45) is 5.92 Å². The molecule has 0 saturated heterocycles. The lowest BCUT2D eigenvalue weighted by Crippen LogP contribution is -2.27. The molecule has 1 aliphatic carbocycles. The molecule has 21 heavy (non-hydrogen) atoms. The third-order valence-corrected chi connectivity index (χ3v) is 5.82. The van der Waals surface area contributed by atoms with E-state index in [2.05, 4.69) is 31.0 Å². The molecule has 2 rings (SSSR count). The number of pyridine rings is 1. The standard InChI is InChI=1S/C14H22BrN3O2S/c1-16-14-13(9-12(15)10-17-14)21(19,20)18-8-7-11-5-3-2-4-6-11/h9-11,18H,2-8H2,1H3,(H,16,17). The van der Waals surface area contributed by atoms with E-state index in [1.54, 1.807) is 19.3 Å². The molecule has 1 saturated carbocycles. The Hall–Kier alpha value is -0.660. The van der Waals surface area contributed by atoms with Crippen molar-refractivity contribution >= 4 is 31.8 Å². The fourth-order valence-corrected chi connectivity index (χ4v) is 4.48. The molecule has 1 heterocycles. The number of anilines is 1. The van der Waals surface area contributed by atoms with E-state index in [9.17, 15) is 8.42 Å². The van der Waals surface area contributed by atoms with Crippen LogP contribution in [0, 0.1) is 5.92 Å². The smallest absolute Gasteiger partial charge is 0.244 e. The van der Waals surface area contributed by atoms with E-state index in [4.69, 9.17) is 0 Å². The summed E-state index contributed by atoms with van der Waals surface area (Å²) in [4.78, 5) is 4.27. The summed E-state index contributed by atoms with van der Waals surface area (Å²) in [6.07, 6.45) is 8.80. The molecule has 1 fully saturated rings. The lowest BCUT2D eigenvalue weighted by atomic mass is 9.87. The van der Waals surface area contributed by atoms with Crippen LogP contribution in [-0.2, 0) is 10.0 Å². The van der Waals surface area contributed by atoms with Gasteiger partial charge in [-0.3, -0.25) is 0 Å². The summed E-state index contributed by atoms with van der Waals surface area (Å²) in [5.74, 6) is 1.02. The number of hydrogen-bond acceptors (Lipinski definition) is 4. The highest BCUT2D eigenvalue weighted by Crippen LogP contribution is 2.26. The van der Waals surface area contributed by atoms with E-state index in [0.29, 0.717) is 22.8 Å². The van der Waals surface area contributed by atoms with E-state index >= 15 is 0 Å². The van der Waals surface area contributed by atoms with Gasteiger partial charge in [0.25, 0.3) is 0 Å². The van der Waals surface area contributed by atoms with Crippen LogP contribution in [0.25, 0.3) is 0 Å². The predicted molar refractivity (Wildman–Crippen MR) is 87.9 cm³/mol. The molecule has 0 spiro atoms. The van der Waals surface area contributed by atoms with Crippen LogP contribution in [0.15, 0.2) is 21.6 Å². The molecule has 0 aliphatic heterocycles. The molecule has 118 valence electrons. The minimum absolute atomic E-state index is 0.183. The molecule has 2 N–H and O–H groups in total. The largest absolute Gasteiger partial charge is 0.372 e. The van der Waals surface area contributed by atoms with Crippen molar-refractivity contribution in [2.75, 3.05) is 18.9 Å². The maximum atomic E-state index is 12.4. The second-order valence-corrected chi connectivity index (χ2v) is 8.09. The van der Waals surface area contributed by atoms with Crippen molar-refractivity contribution in [1.29, 1.82) is 0 Å². The molecule has 1 aromatic heterocycles. The van der Waals surface area contributed by atoms with E-state index in [-0.39, 0.29) is 4.90 Å². The number of nitrogens with zero attached hydrogens (tertiary/aromatic N) is 1. The van der Waals surface area contributed by atoms with Crippen molar-refractivity contribution in [2.45, 2.75) is 43.4 Å². The first kappa shape index (κ1) is 16.7. The minimum Gasteiger partial charge on any atom is -0.372 e. The predicted octanol–water partition coefficient (Wildman–Crippen LogP) is 3.13. The third-order valence-electron chi connectivity index (χ3n) is 3.92. The number of aromatic nitrogens is 1. The Kier molecular flexibility index (Phi) is 6.01. The maximum absolute atomic E-state index is 12.4. The van der Waals surface area contributed by atoms with Gasteiger partial charge in [-0.15, -0.1) is 0 Å². The Labute approximate surface area is 135 Å². The summed E-state index contributed by atoms with van der Waals surface area (Å²) < 4.78 is 28.1. The monoisotopic (exact) mass is 375 g/mol. The Bertz CT molecular complexity index is 572. The van der Waals surface area contributed by atoms with Gasteiger partial charge in [-0.1, -0.05) is 32.1 Å². The first-order chi connectivity index (χ1) is 10.0. The summed E-state index contributed by atoms with van der Waals surface area (Å²) in [6.45, 7) is 0.489. The zero-order valence-corrected chi connectivity index (χ0v) is 14.6. The molecule has 0 amide bonds. The van der Waals surface area contributed by atoms with Gasteiger partial charge >= 0.3 is 0 Å². The highest BCUT2D eigenvalue weighted by Gasteiger charge is 2.20. The molecule has 0 radical (unpaired) electrons. The van der Waals surface area contributed by atoms with Crippen LogP contribution in [0.3, 0.4) is 0 Å². The molecule has 0 bridgehead atoms. The topological polar surface area (TPSA) is 71.1 Å². The quantitative estimate of drug-likeness (QED) is 0.800. The second kappa shape index (κ2) is 7.56. The van der Waals surface area contributed by atoms with Gasteiger partial charge < -0.3 is 5.32 Å². The number of sulfonamides is 1. The maximum Gasteiger partial charge on any atom is 0.244 e. The zero-order valence-electron chi connectivity index (χ0n) is 12.2. The molecule has 1 aromatic rings. The molecular weight excluding hydrogens is 354 g/mol. The Balaban J connectivity index is 1.99. The fraction of sp³-hybridized carbons (Fsp3) is 0.643. The van der Waals surface area contributed by atoms with Gasteiger partial charge in [-0.2, -0.15) is 0 Å². The Morgan fingerprint density at radius 3 is 2.71 bits per heavy atom. The SMILES string of the molecule is CNc1ncc(Br)cc1S(=O)(=O)NCCC1CCCCC1. The number of halogens is 1. The van der Waals surface area contributed by atoms with Crippen molar-refractivity contribution in [3.8, 4) is 0 Å². The first-order valence-electron chi connectivity index (χ1n) is 7.36. The van der Waals surface area contributed by atoms with Crippen LogP contribution in [0.5, 0.6) is 0 Å². The number of nitrogens with one attached hydrogen (secondary N) is 2. The molecule has 0 aromatic carbocycles. The van der Waals surface area contributed by atoms with Crippen molar-refractivity contribution in [3.63, 3.8) is 0 Å². The first-order valence-corrected chi connectivity index (χ1v) is 9.63. The Morgan fingerprint density at radius 1 is 1.33 bits per heavy atom. The highest BCUT2D eigenvalue weighted by atomic mass is 79.9. The fourth-order valence-electron chi connectivity index (χ4n) is 2.76. The third kappa shape index (κ3) is 4.66. The van der Waals surface area contributed by atoms with Crippen LogP contribution in [0.4, 0.5) is 5.82 Å². The molecular formula is C14H22BrN3O2S. The summed E-state index contributed by atoms with van der Waals surface area (Å²) in [7, 11) is -1.87. The van der Waals surface area contributed by atoms with Crippen molar-refractivity contribution in [3.05, 3.63) is 16.7 Å². The second-order valence-electron chi connectivity index (χ2n) is 5.44. The summed E-state index contributed by atoms with van der Waals surface area (Å²) in [5.41, 5.74) is 0. The van der Waals surface area contributed by atoms with E-state index < -0.39 is 10.0 Å². The van der Waals surface area contributed by atoms with Crippen molar-refractivity contribution in [1.82, 2.24) is 9.71 Å². The number of hydrogen-bond donors (Lipinski definition) is 2. The normalized spacial score (nSPS) is 16.9. The zero-order chi connectivity index (χ0) is 15.3. The minimum atomic E-state index is -3.53. The van der Waals surface area contributed by atoms with Gasteiger partial charge in [0.05, 0.1) is 0 Å². The lowest BCUT2D eigenvalue weighted by Gasteiger charge is -2.21. The summed E-state index contributed by atoms with van der Waals surface area (Å²) in [5, 5.41) is 2.82. The summed E-state index contributed by atoms with van der Waals surface area (Å²) in [6, 6.07) is 1.57. The molecule has 1 aliphatic rings. The van der Waals surface area contributed by atoms with Crippen LogP contribution < -0.4 is 10.0 Å². The van der Waals surface area contributed by atoms with Gasteiger partial charge in [0.15, 0.2) is 0 Å². The summed E-state index contributed by atoms with van der Waals surface area (Å²) >= 11 is 3.27. The lowest BCUT2D eigenvalue weighted by molar-refractivity contribution is 0.339. The van der Waals surface area contributed by atoms with Crippen LogP contribution >= 0.6 is 15.9 Å². The van der Waals surface area contributed by atoms with Crippen LogP contribution in [0.2, 0.25) is 0 Å². The van der Waals surface area contributed by atoms with Gasteiger partial charge in [-0.05, 0) is 34.3 Å². The number of rotatable bonds is 6. The average molecular weight is 376 g/mol. The van der Waals surface area contributed by atoms with Crippen LogP contribution in [-0.4, -0.2) is 27.0 Å². The van der Waals surface area contributed by atoms with E-state index in [1.807, 2.05) is 0 Å². The van der Waals surface area contributed by atoms with Crippen molar-refractivity contribution < 1.29 is 8.42 Å². The van der Waals surface area contributed by atoms with Gasteiger partial charge in [-0.25, -0.2) is 18.1 Å². The van der Waals surface area contributed by atoms with Gasteiger partial charge in [0.1, 0.15) is 10.7 Å². The molecule has 0 atom stereocenters. The molecule has 5 nitrogen and oxygen atoms in total. The Morgan fingerprint density at radius 2 is 2.05 bits per heavy atom. The molecule has 0 unspecified atom stereocenters.